The van der Waals surface area contributed by atoms with Crippen LogP contribution in [-0.4, -0.2) is 34.1 Å². The number of carbonyl (C=O) groups is 1. The number of nitrogens with one attached hydrogen (secondary N) is 1. The molecule has 0 radical (unpaired) electrons. The van der Waals surface area contributed by atoms with Gasteiger partial charge in [-0.25, -0.2) is 12.8 Å². The van der Waals surface area contributed by atoms with Crippen LogP contribution in [0.25, 0.3) is 0 Å². The van der Waals surface area contributed by atoms with E-state index in [1.165, 1.54) is 0 Å². The summed E-state index contributed by atoms with van der Waals surface area (Å²) < 4.78 is 41.2. The van der Waals surface area contributed by atoms with Crippen molar-refractivity contribution in [2.75, 3.05) is 19.8 Å². The summed E-state index contributed by atoms with van der Waals surface area (Å²) in [7, 11) is 1.15. The lowest BCUT2D eigenvalue weighted by atomic mass is 10.2. The highest BCUT2D eigenvalue weighted by atomic mass is 35.7. The standard InChI is InChI=1S/C13H17ClFNO4S/c1-9(2)8-20-6-5-16-13(17)11-7-10(21(14,18)19)3-4-12(11)15/h3-4,7,9H,5-6,8H2,1-2H3,(H,16,17). The van der Waals surface area contributed by atoms with Crippen molar-refractivity contribution in [3.05, 3.63) is 29.6 Å². The Morgan fingerprint density at radius 3 is 2.67 bits per heavy atom. The minimum absolute atomic E-state index is 0.197. The number of hydrogen-bond acceptors (Lipinski definition) is 4. The van der Waals surface area contributed by atoms with Gasteiger partial charge < -0.3 is 10.1 Å². The van der Waals surface area contributed by atoms with Gasteiger partial charge in [0, 0.05) is 23.8 Å². The van der Waals surface area contributed by atoms with Crippen molar-refractivity contribution in [1.29, 1.82) is 0 Å². The van der Waals surface area contributed by atoms with Crippen LogP contribution < -0.4 is 5.32 Å². The van der Waals surface area contributed by atoms with Gasteiger partial charge in [0.25, 0.3) is 15.0 Å². The van der Waals surface area contributed by atoms with Crippen molar-refractivity contribution >= 4 is 25.6 Å². The van der Waals surface area contributed by atoms with E-state index < -0.39 is 20.8 Å². The summed E-state index contributed by atoms with van der Waals surface area (Å²) in [5.41, 5.74) is -0.374. The molecule has 1 aromatic carbocycles. The Hall–Kier alpha value is -1.18. The first-order valence-corrected chi connectivity index (χ1v) is 8.63. The summed E-state index contributed by atoms with van der Waals surface area (Å²) in [5.74, 6) is -1.16. The molecule has 0 aromatic heterocycles. The van der Waals surface area contributed by atoms with Crippen molar-refractivity contribution < 1.29 is 22.3 Å². The second-order valence-corrected chi connectivity index (χ2v) is 7.37. The molecule has 0 fully saturated rings. The van der Waals surface area contributed by atoms with Crippen LogP contribution >= 0.6 is 10.7 Å². The molecule has 5 nitrogen and oxygen atoms in total. The predicted molar refractivity (Wildman–Crippen MR) is 77.4 cm³/mol. The van der Waals surface area contributed by atoms with Crippen molar-refractivity contribution in [2.45, 2.75) is 18.7 Å². The lowest BCUT2D eigenvalue weighted by Gasteiger charge is -2.09. The van der Waals surface area contributed by atoms with Crippen molar-refractivity contribution in [2.24, 2.45) is 5.92 Å². The van der Waals surface area contributed by atoms with E-state index in [9.17, 15) is 17.6 Å². The maximum Gasteiger partial charge on any atom is 0.261 e. The van der Waals surface area contributed by atoms with Crippen LogP contribution in [0.1, 0.15) is 24.2 Å². The molecule has 1 N–H and O–H groups in total. The van der Waals surface area contributed by atoms with Crippen LogP contribution in [0.2, 0.25) is 0 Å². The van der Waals surface area contributed by atoms with Gasteiger partial charge in [-0.2, -0.15) is 0 Å². The minimum Gasteiger partial charge on any atom is -0.379 e. The first kappa shape index (κ1) is 17.9. The summed E-state index contributed by atoms with van der Waals surface area (Å²) in [5, 5.41) is 2.45. The summed E-state index contributed by atoms with van der Waals surface area (Å²) >= 11 is 0. The Balaban J connectivity index is 2.66. The lowest BCUT2D eigenvalue weighted by Crippen LogP contribution is -2.28. The normalized spacial score (nSPS) is 11.7. The van der Waals surface area contributed by atoms with Gasteiger partial charge in [-0.3, -0.25) is 4.79 Å². The largest absolute Gasteiger partial charge is 0.379 e. The van der Waals surface area contributed by atoms with Gasteiger partial charge in [0.15, 0.2) is 0 Å². The third kappa shape index (κ3) is 5.99. The molecule has 0 aliphatic carbocycles. The molecule has 0 saturated heterocycles. The summed E-state index contributed by atoms with van der Waals surface area (Å²) in [6.07, 6.45) is 0. The second-order valence-electron chi connectivity index (χ2n) is 4.80. The molecule has 1 rings (SSSR count). The fourth-order valence-electron chi connectivity index (χ4n) is 1.48. The van der Waals surface area contributed by atoms with E-state index in [0.717, 1.165) is 18.2 Å². The Labute approximate surface area is 127 Å². The first-order valence-electron chi connectivity index (χ1n) is 6.32. The highest BCUT2D eigenvalue weighted by molar-refractivity contribution is 8.13. The zero-order valence-electron chi connectivity index (χ0n) is 11.7. The fraction of sp³-hybridized carbons (Fsp3) is 0.462. The molecule has 0 spiro atoms. The molecule has 8 heteroatoms. The number of ether oxygens (including phenoxy) is 1. The molecule has 1 amide bonds. The molecular formula is C13H17ClFNO4S. The van der Waals surface area contributed by atoms with E-state index >= 15 is 0 Å². The number of rotatable bonds is 7. The maximum absolute atomic E-state index is 13.6. The van der Waals surface area contributed by atoms with Gasteiger partial charge in [0.05, 0.1) is 17.1 Å². The molecule has 0 atom stereocenters. The van der Waals surface area contributed by atoms with E-state index in [1.807, 2.05) is 13.8 Å². The zero-order chi connectivity index (χ0) is 16.0. The van der Waals surface area contributed by atoms with Crippen molar-refractivity contribution in [3.63, 3.8) is 0 Å². The Bertz CT molecular complexity index is 604. The molecule has 0 unspecified atom stereocenters. The SMILES string of the molecule is CC(C)COCCNC(=O)c1cc(S(=O)(=O)Cl)ccc1F. The topological polar surface area (TPSA) is 72.5 Å². The molecule has 0 bridgehead atoms. The summed E-state index contributed by atoms with van der Waals surface area (Å²) in [4.78, 5) is 11.5. The van der Waals surface area contributed by atoms with Crippen LogP contribution in [0, 0.1) is 11.7 Å². The molecule has 21 heavy (non-hydrogen) atoms. The van der Waals surface area contributed by atoms with Crippen LogP contribution in [-0.2, 0) is 13.8 Å². The third-order valence-corrected chi connectivity index (χ3v) is 3.80. The Kier molecular flexibility index (Phi) is 6.57. The van der Waals surface area contributed by atoms with E-state index in [1.54, 1.807) is 0 Å². The van der Waals surface area contributed by atoms with E-state index in [0.29, 0.717) is 19.1 Å². The van der Waals surface area contributed by atoms with Gasteiger partial charge in [-0.1, -0.05) is 13.8 Å². The molecule has 0 aliphatic heterocycles. The van der Waals surface area contributed by atoms with Gasteiger partial charge in [0.2, 0.25) is 0 Å². The summed E-state index contributed by atoms with van der Waals surface area (Å²) in [6, 6.07) is 2.79. The quantitative estimate of drug-likeness (QED) is 0.611. The van der Waals surface area contributed by atoms with Crippen LogP contribution in [0.5, 0.6) is 0 Å². The van der Waals surface area contributed by atoms with Crippen molar-refractivity contribution in [3.8, 4) is 0 Å². The minimum atomic E-state index is -4.01. The van der Waals surface area contributed by atoms with Gasteiger partial charge in [0.1, 0.15) is 5.82 Å². The molecule has 0 heterocycles. The Morgan fingerprint density at radius 1 is 1.43 bits per heavy atom. The summed E-state index contributed by atoms with van der Waals surface area (Å²) in [6.45, 7) is 5.03. The first-order chi connectivity index (χ1) is 9.71. The van der Waals surface area contributed by atoms with Gasteiger partial charge >= 0.3 is 0 Å². The number of amides is 1. The van der Waals surface area contributed by atoms with Crippen LogP contribution in [0.4, 0.5) is 4.39 Å². The van der Waals surface area contributed by atoms with E-state index in [4.69, 9.17) is 15.4 Å². The van der Waals surface area contributed by atoms with Gasteiger partial charge in [-0.15, -0.1) is 0 Å². The predicted octanol–water partition coefficient (Wildman–Crippen LogP) is 2.16. The van der Waals surface area contributed by atoms with Crippen LogP contribution in [0.3, 0.4) is 0 Å². The van der Waals surface area contributed by atoms with Crippen molar-refractivity contribution in [1.82, 2.24) is 5.32 Å². The monoisotopic (exact) mass is 337 g/mol. The maximum atomic E-state index is 13.6. The smallest absolute Gasteiger partial charge is 0.261 e. The van der Waals surface area contributed by atoms with Crippen LogP contribution in [0.15, 0.2) is 23.1 Å². The van der Waals surface area contributed by atoms with Gasteiger partial charge in [-0.05, 0) is 24.1 Å². The number of halogens is 2. The van der Waals surface area contributed by atoms with E-state index in [2.05, 4.69) is 5.32 Å². The number of benzene rings is 1. The zero-order valence-corrected chi connectivity index (χ0v) is 13.3. The average Bonchev–Trinajstić information content (AvgIpc) is 2.36. The highest BCUT2D eigenvalue weighted by Gasteiger charge is 2.17. The molecular weight excluding hydrogens is 321 g/mol. The molecule has 1 aromatic rings. The fourth-order valence-corrected chi connectivity index (χ4v) is 2.26. The number of carbonyl (C=O) groups excluding carboxylic acids is 1. The highest BCUT2D eigenvalue weighted by Crippen LogP contribution is 2.18. The molecule has 118 valence electrons. The Morgan fingerprint density at radius 2 is 2.10 bits per heavy atom. The average molecular weight is 338 g/mol. The van der Waals surface area contributed by atoms with E-state index in [-0.39, 0.29) is 17.0 Å². The lowest BCUT2D eigenvalue weighted by molar-refractivity contribution is 0.0882. The molecule has 0 aliphatic rings. The second kappa shape index (κ2) is 7.72. The third-order valence-electron chi connectivity index (χ3n) is 2.45. The molecule has 0 saturated carbocycles. The number of hydrogen-bond donors (Lipinski definition) is 1.